The van der Waals surface area contributed by atoms with Crippen LogP contribution in [-0.4, -0.2) is 18.6 Å². The molecule has 2 rings (SSSR count). The van der Waals surface area contributed by atoms with E-state index in [1.807, 2.05) is 20.0 Å². The summed E-state index contributed by atoms with van der Waals surface area (Å²) in [5.41, 5.74) is 4.48. The van der Waals surface area contributed by atoms with E-state index >= 15 is 0 Å². The Hall–Kier alpha value is -1.12. The third kappa shape index (κ3) is 2.43. The van der Waals surface area contributed by atoms with Crippen molar-refractivity contribution in [3.63, 3.8) is 0 Å². The number of hydrogen-bond acceptors (Lipinski definition) is 2. The average Bonchev–Trinajstić information content (AvgIpc) is 2.32. The lowest BCUT2D eigenvalue weighted by Crippen LogP contribution is -2.11. The van der Waals surface area contributed by atoms with Crippen molar-refractivity contribution in [2.45, 2.75) is 20.3 Å². The smallest absolute Gasteiger partial charge is 0.0751 e. The number of aromatic nitrogens is 1. The Balaban J connectivity index is 2.58. The van der Waals surface area contributed by atoms with Gasteiger partial charge in [-0.3, -0.25) is 4.98 Å². The molecule has 90 valence electrons. The zero-order valence-corrected chi connectivity index (χ0v) is 11.2. The van der Waals surface area contributed by atoms with Gasteiger partial charge in [0.2, 0.25) is 0 Å². The number of benzene rings is 1. The number of halogens is 1. The topological polar surface area (TPSA) is 24.9 Å². The fourth-order valence-electron chi connectivity index (χ4n) is 2.02. The molecule has 1 N–H and O–H groups in total. The van der Waals surface area contributed by atoms with Gasteiger partial charge in [-0.25, -0.2) is 0 Å². The van der Waals surface area contributed by atoms with Crippen LogP contribution in [0.2, 0.25) is 5.02 Å². The molecule has 0 spiro atoms. The van der Waals surface area contributed by atoms with E-state index in [1.165, 1.54) is 10.9 Å². The molecule has 0 aliphatic heterocycles. The van der Waals surface area contributed by atoms with Gasteiger partial charge in [0, 0.05) is 29.1 Å². The molecule has 0 radical (unpaired) electrons. The molecule has 0 amide bonds. The Bertz CT molecular complexity index is 549. The minimum atomic E-state index is 0.787. The molecule has 3 heteroatoms. The fourth-order valence-corrected chi connectivity index (χ4v) is 2.18. The minimum Gasteiger partial charge on any atom is -0.319 e. The number of likely N-dealkylation sites (N-methyl/N-ethyl adjacent to an activating group) is 1. The van der Waals surface area contributed by atoms with Gasteiger partial charge in [-0.2, -0.15) is 0 Å². The predicted molar refractivity (Wildman–Crippen MR) is 73.9 cm³/mol. The number of aryl methyl sites for hydroxylation is 2. The summed E-state index contributed by atoms with van der Waals surface area (Å²) in [6.45, 7) is 5.09. The average molecular weight is 249 g/mol. The molecule has 17 heavy (non-hydrogen) atoms. The first-order valence-corrected chi connectivity index (χ1v) is 6.21. The molecule has 0 atom stereocenters. The van der Waals surface area contributed by atoms with Crippen molar-refractivity contribution in [2.24, 2.45) is 0 Å². The summed E-state index contributed by atoms with van der Waals surface area (Å²) in [6, 6.07) is 6.16. The fraction of sp³-hybridized carbons (Fsp3) is 0.357. The second kappa shape index (κ2) is 5.03. The quantitative estimate of drug-likeness (QED) is 0.902. The largest absolute Gasteiger partial charge is 0.319 e. The SMILES string of the molecule is CNCCc1cc(C)c2ccc(Cl)c(C)c2n1. The van der Waals surface area contributed by atoms with Crippen molar-refractivity contribution < 1.29 is 0 Å². The lowest BCUT2D eigenvalue weighted by atomic mass is 10.0. The van der Waals surface area contributed by atoms with Crippen LogP contribution in [0.4, 0.5) is 0 Å². The van der Waals surface area contributed by atoms with Crippen molar-refractivity contribution in [1.82, 2.24) is 10.3 Å². The van der Waals surface area contributed by atoms with Crippen LogP contribution in [-0.2, 0) is 6.42 Å². The van der Waals surface area contributed by atoms with E-state index in [0.717, 1.165) is 34.8 Å². The summed E-state index contributed by atoms with van der Waals surface area (Å²) < 4.78 is 0. The Morgan fingerprint density at radius 2 is 2.06 bits per heavy atom. The van der Waals surface area contributed by atoms with Crippen LogP contribution in [0.3, 0.4) is 0 Å². The van der Waals surface area contributed by atoms with Crippen molar-refractivity contribution in [3.05, 3.63) is 40.0 Å². The van der Waals surface area contributed by atoms with Gasteiger partial charge in [-0.1, -0.05) is 17.7 Å². The van der Waals surface area contributed by atoms with E-state index in [1.54, 1.807) is 0 Å². The van der Waals surface area contributed by atoms with Crippen LogP contribution < -0.4 is 5.32 Å². The molecule has 0 fully saturated rings. The molecule has 1 aromatic heterocycles. The zero-order chi connectivity index (χ0) is 12.4. The van der Waals surface area contributed by atoms with Crippen LogP contribution in [0.5, 0.6) is 0 Å². The molecule has 0 saturated carbocycles. The summed E-state index contributed by atoms with van der Waals surface area (Å²) in [5.74, 6) is 0. The molecule has 2 nitrogen and oxygen atoms in total. The molecule has 0 saturated heterocycles. The lowest BCUT2D eigenvalue weighted by Gasteiger charge is -2.09. The molecule has 2 aromatic rings. The number of pyridine rings is 1. The van der Waals surface area contributed by atoms with E-state index in [4.69, 9.17) is 16.6 Å². The summed E-state index contributed by atoms with van der Waals surface area (Å²) in [7, 11) is 1.95. The standard InChI is InChI=1S/C14H17ClN2/c1-9-8-11(6-7-16-3)17-14-10(2)13(15)5-4-12(9)14/h4-5,8,16H,6-7H2,1-3H3. The highest BCUT2D eigenvalue weighted by atomic mass is 35.5. The van der Waals surface area contributed by atoms with E-state index in [2.05, 4.69) is 24.4 Å². The molecule has 1 heterocycles. The van der Waals surface area contributed by atoms with Crippen LogP contribution in [0.1, 0.15) is 16.8 Å². The lowest BCUT2D eigenvalue weighted by molar-refractivity contribution is 0.778. The number of nitrogens with one attached hydrogen (secondary N) is 1. The van der Waals surface area contributed by atoms with Crippen LogP contribution >= 0.6 is 11.6 Å². The van der Waals surface area contributed by atoms with Gasteiger partial charge in [0.15, 0.2) is 0 Å². The molecular weight excluding hydrogens is 232 g/mol. The van der Waals surface area contributed by atoms with Gasteiger partial charge in [-0.15, -0.1) is 0 Å². The highest BCUT2D eigenvalue weighted by molar-refractivity contribution is 6.32. The van der Waals surface area contributed by atoms with Crippen molar-refractivity contribution in [1.29, 1.82) is 0 Å². The maximum Gasteiger partial charge on any atom is 0.0751 e. The van der Waals surface area contributed by atoms with Gasteiger partial charge < -0.3 is 5.32 Å². The summed E-state index contributed by atoms with van der Waals surface area (Å²) in [6.07, 6.45) is 0.944. The van der Waals surface area contributed by atoms with Crippen molar-refractivity contribution >= 4 is 22.5 Å². The Morgan fingerprint density at radius 3 is 2.76 bits per heavy atom. The first-order valence-electron chi connectivity index (χ1n) is 5.83. The summed E-state index contributed by atoms with van der Waals surface area (Å²) in [5, 5.41) is 5.13. The molecule has 0 unspecified atom stereocenters. The monoisotopic (exact) mass is 248 g/mol. The molecule has 0 aliphatic rings. The van der Waals surface area contributed by atoms with E-state index in [-0.39, 0.29) is 0 Å². The van der Waals surface area contributed by atoms with Crippen molar-refractivity contribution in [2.75, 3.05) is 13.6 Å². The summed E-state index contributed by atoms with van der Waals surface area (Å²) in [4.78, 5) is 4.71. The van der Waals surface area contributed by atoms with Crippen molar-refractivity contribution in [3.8, 4) is 0 Å². The first kappa shape index (κ1) is 12.3. The number of hydrogen-bond donors (Lipinski definition) is 1. The highest BCUT2D eigenvalue weighted by Crippen LogP contribution is 2.26. The van der Waals surface area contributed by atoms with Gasteiger partial charge in [0.25, 0.3) is 0 Å². The van der Waals surface area contributed by atoms with Crippen LogP contribution in [0.25, 0.3) is 10.9 Å². The molecule has 0 aliphatic carbocycles. The zero-order valence-electron chi connectivity index (χ0n) is 10.5. The Kier molecular flexibility index (Phi) is 3.65. The van der Waals surface area contributed by atoms with Crippen LogP contribution in [0.15, 0.2) is 18.2 Å². The van der Waals surface area contributed by atoms with Gasteiger partial charge in [0.1, 0.15) is 0 Å². The molecular formula is C14H17ClN2. The van der Waals surface area contributed by atoms with E-state index < -0.39 is 0 Å². The predicted octanol–water partition coefficient (Wildman–Crippen LogP) is 3.27. The van der Waals surface area contributed by atoms with E-state index in [0.29, 0.717) is 0 Å². The highest BCUT2D eigenvalue weighted by Gasteiger charge is 2.07. The second-order valence-electron chi connectivity index (χ2n) is 4.35. The maximum absolute atomic E-state index is 6.14. The number of fused-ring (bicyclic) bond motifs is 1. The first-order chi connectivity index (χ1) is 8.13. The van der Waals surface area contributed by atoms with Gasteiger partial charge in [-0.05, 0) is 44.2 Å². The number of rotatable bonds is 3. The normalized spacial score (nSPS) is 11.1. The number of nitrogens with zero attached hydrogens (tertiary/aromatic N) is 1. The van der Waals surface area contributed by atoms with E-state index in [9.17, 15) is 0 Å². The molecule has 0 bridgehead atoms. The third-order valence-electron chi connectivity index (χ3n) is 3.06. The summed E-state index contributed by atoms with van der Waals surface area (Å²) >= 11 is 6.14. The second-order valence-corrected chi connectivity index (χ2v) is 4.76. The Labute approximate surface area is 107 Å². The third-order valence-corrected chi connectivity index (χ3v) is 3.47. The Morgan fingerprint density at radius 1 is 1.29 bits per heavy atom. The van der Waals surface area contributed by atoms with Crippen LogP contribution in [0, 0.1) is 13.8 Å². The minimum absolute atomic E-state index is 0.787. The molecule has 1 aromatic carbocycles. The van der Waals surface area contributed by atoms with Gasteiger partial charge >= 0.3 is 0 Å². The maximum atomic E-state index is 6.14. The van der Waals surface area contributed by atoms with Gasteiger partial charge in [0.05, 0.1) is 5.52 Å².